The van der Waals surface area contributed by atoms with Gasteiger partial charge in [0.15, 0.2) is 17.3 Å². The van der Waals surface area contributed by atoms with E-state index in [0.29, 0.717) is 28.2 Å². The molecule has 7 nitrogen and oxygen atoms in total. The van der Waals surface area contributed by atoms with Crippen LogP contribution in [0.25, 0.3) is 6.08 Å². The summed E-state index contributed by atoms with van der Waals surface area (Å²) in [6, 6.07) is 15.9. The predicted octanol–water partition coefficient (Wildman–Crippen LogP) is 4.47. The Hall–Kier alpha value is -4.26. The maximum atomic E-state index is 13.1. The number of ketones is 1. The van der Waals surface area contributed by atoms with Crippen molar-refractivity contribution in [3.8, 4) is 28.7 Å². The van der Waals surface area contributed by atoms with Crippen molar-refractivity contribution in [2.45, 2.75) is 12.3 Å². The fourth-order valence-corrected chi connectivity index (χ4v) is 4.21. The van der Waals surface area contributed by atoms with Gasteiger partial charge in [-0.25, -0.2) is 0 Å². The van der Waals surface area contributed by atoms with Crippen LogP contribution in [0.15, 0.2) is 60.4 Å². The van der Waals surface area contributed by atoms with Crippen molar-refractivity contribution in [1.29, 1.82) is 0 Å². The lowest BCUT2D eigenvalue weighted by molar-refractivity contribution is -0.135. The molecule has 0 amide bonds. The molecule has 2 aliphatic heterocycles. The number of carbonyl (C=O) groups excluding carboxylic acids is 2. The summed E-state index contributed by atoms with van der Waals surface area (Å²) in [7, 11) is 2.86. The van der Waals surface area contributed by atoms with Crippen LogP contribution in [0.4, 0.5) is 0 Å². The van der Waals surface area contributed by atoms with Crippen LogP contribution in [0.5, 0.6) is 28.7 Å². The van der Waals surface area contributed by atoms with Gasteiger partial charge in [0.05, 0.1) is 26.2 Å². The number of allylic oxidation sites excluding steroid dienone is 1. The molecule has 33 heavy (non-hydrogen) atoms. The second-order valence-corrected chi connectivity index (χ2v) is 7.71. The highest BCUT2D eigenvalue weighted by Crippen LogP contribution is 2.51. The molecule has 3 aromatic carbocycles. The van der Waals surface area contributed by atoms with Gasteiger partial charge in [-0.2, -0.15) is 0 Å². The quantitative estimate of drug-likeness (QED) is 0.361. The molecule has 0 fully saturated rings. The number of carbonyl (C=O) groups is 2. The summed E-state index contributed by atoms with van der Waals surface area (Å²) in [5, 5.41) is 10.3. The minimum absolute atomic E-state index is 0.0236. The third-order valence-corrected chi connectivity index (χ3v) is 5.78. The van der Waals surface area contributed by atoms with E-state index >= 15 is 0 Å². The van der Waals surface area contributed by atoms with Crippen LogP contribution in [0.2, 0.25) is 0 Å². The zero-order valence-electron chi connectivity index (χ0n) is 18.0. The van der Waals surface area contributed by atoms with Crippen LogP contribution in [0.3, 0.4) is 0 Å². The zero-order valence-corrected chi connectivity index (χ0v) is 18.0. The van der Waals surface area contributed by atoms with Crippen molar-refractivity contribution in [2.24, 2.45) is 0 Å². The molecule has 0 aromatic heterocycles. The first-order chi connectivity index (χ1) is 16.0. The molecule has 3 aromatic rings. The topological polar surface area (TPSA) is 91.3 Å². The van der Waals surface area contributed by atoms with Gasteiger partial charge in [-0.05, 0) is 41.5 Å². The maximum absolute atomic E-state index is 13.1. The molecule has 0 spiro atoms. The number of benzene rings is 3. The van der Waals surface area contributed by atoms with E-state index in [9.17, 15) is 14.7 Å². The summed E-state index contributed by atoms with van der Waals surface area (Å²) in [5.41, 5.74) is 2.48. The molecular weight excluding hydrogens is 424 g/mol. The van der Waals surface area contributed by atoms with Crippen LogP contribution in [0.1, 0.15) is 39.4 Å². The third kappa shape index (κ3) is 3.47. The first-order valence-corrected chi connectivity index (χ1v) is 10.3. The lowest BCUT2D eigenvalue weighted by Gasteiger charge is -2.27. The molecule has 0 aliphatic carbocycles. The number of rotatable bonds is 4. The molecule has 2 aliphatic rings. The van der Waals surface area contributed by atoms with E-state index < -0.39 is 11.9 Å². The lowest BCUT2D eigenvalue weighted by Crippen LogP contribution is -2.21. The van der Waals surface area contributed by atoms with Gasteiger partial charge in [0.25, 0.3) is 0 Å². The normalized spacial score (nSPS) is 17.8. The number of esters is 1. The third-order valence-electron chi connectivity index (χ3n) is 5.78. The van der Waals surface area contributed by atoms with Gasteiger partial charge in [-0.3, -0.25) is 9.59 Å². The molecule has 7 heteroatoms. The van der Waals surface area contributed by atoms with Crippen molar-refractivity contribution in [3.05, 3.63) is 82.6 Å². The fourth-order valence-electron chi connectivity index (χ4n) is 4.21. The van der Waals surface area contributed by atoms with Gasteiger partial charge in [0.2, 0.25) is 11.5 Å². The van der Waals surface area contributed by atoms with E-state index in [0.717, 1.165) is 5.56 Å². The number of hydrogen-bond acceptors (Lipinski definition) is 7. The van der Waals surface area contributed by atoms with Crippen LogP contribution >= 0.6 is 0 Å². The SMILES string of the molecule is COc1cc(C2CC(=O)Oc3ccc4c(c32)OC(=Cc2ccccc2)C4=O)cc(OC)c1O. The highest BCUT2D eigenvalue weighted by Gasteiger charge is 2.39. The van der Waals surface area contributed by atoms with Crippen molar-refractivity contribution >= 4 is 17.8 Å². The molecule has 1 unspecified atom stereocenters. The van der Waals surface area contributed by atoms with Crippen molar-refractivity contribution < 1.29 is 33.6 Å². The monoisotopic (exact) mass is 444 g/mol. The van der Waals surface area contributed by atoms with Gasteiger partial charge in [-0.1, -0.05) is 30.3 Å². The van der Waals surface area contributed by atoms with Gasteiger partial charge in [-0.15, -0.1) is 0 Å². The standard InChI is InChI=1S/C26H20O7/c1-30-19-11-15(12-20(31-2)25(19)29)17-13-22(27)32-18-9-8-16-24(28)21(33-26(16)23(17)18)10-14-6-4-3-5-7-14/h3-12,17,29H,13H2,1-2H3. The fraction of sp³-hybridized carbons (Fsp3) is 0.154. The van der Waals surface area contributed by atoms with E-state index in [4.69, 9.17) is 18.9 Å². The van der Waals surface area contributed by atoms with E-state index in [2.05, 4.69) is 0 Å². The number of methoxy groups -OCH3 is 2. The summed E-state index contributed by atoms with van der Waals surface area (Å²) >= 11 is 0. The Balaban J connectivity index is 1.65. The van der Waals surface area contributed by atoms with E-state index in [1.54, 1.807) is 30.3 Å². The molecule has 5 rings (SSSR count). The Morgan fingerprint density at radius 2 is 1.67 bits per heavy atom. The van der Waals surface area contributed by atoms with E-state index in [1.165, 1.54) is 14.2 Å². The number of phenolic OH excluding ortho intramolecular Hbond substituents is 1. The van der Waals surface area contributed by atoms with Crippen LogP contribution in [-0.4, -0.2) is 31.1 Å². The summed E-state index contributed by atoms with van der Waals surface area (Å²) in [5.74, 6) is 0.0110. The van der Waals surface area contributed by atoms with Gasteiger partial charge >= 0.3 is 5.97 Å². The number of Topliss-reactive ketones (excluding diaryl/α,β-unsaturated/α-hetero) is 1. The highest BCUT2D eigenvalue weighted by atomic mass is 16.5. The molecule has 0 radical (unpaired) electrons. The smallest absolute Gasteiger partial charge is 0.312 e. The van der Waals surface area contributed by atoms with Crippen molar-refractivity contribution in [2.75, 3.05) is 14.2 Å². The first-order valence-electron chi connectivity index (χ1n) is 10.3. The number of ether oxygens (including phenoxy) is 4. The molecular formula is C26H20O7. The maximum Gasteiger partial charge on any atom is 0.312 e. The van der Waals surface area contributed by atoms with Crippen LogP contribution < -0.4 is 18.9 Å². The summed E-state index contributed by atoms with van der Waals surface area (Å²) in [6.45, 7) is 0. The molecule has 1 atom stereocenters. The summed E-state index contributed by atoms with van der Waals surface area (Å²) < 4.78 is 22.1. The van der Waals surface area contributed by atoms with Gasteiger partial charge in [0.1, 0.15) is 11.5 Å². The number of aromatic hydroxyl groups is 1. The summed E-state index contributed by atoms with van der Waals surface area (Å²) in [4.78, 5) is 25.5. The highest BCUT2D eigenvalue weighted by molar-refractivity contribution is 6.15. The number of hydrogen-bond donors (Lipinski definition) is 1. The number of fused-ring (bicyclic) bond motifs is 3. The molecule has 1 N–H and O–H groups in total. The van der Waals surface area contributed by atoms with E-state index in [-0.39, 0.29) is 35.2 Å². The lowest BCUT2D eigenvalue weighted by atomic mass is 9.84. The largest absolute Gasteiger partial charge is 0.502 e. The Morgan fingerprint density at radius 1 is 0.970 bits per heavy atom. The Morgan fingerprint density at radius 3 is 2.33 bits per heavy atom. The van der Waals surface area contributed by atoms with Gasteiger partial charge < -0.3 is 24.1 Å². The zero-order chi connectivity index (χ0) is 23.1. The summed E-state index contributed by atoms with van der Waals surface area (Å²) in [6.07, 6.45) is 1.71. The first kappa shape index (κ1) is 20.6. The molecule has 0 saturated carbocycles. The average Bonchev–Trinajstić information content (AvgIpc) is 3.14. The minimum atomic E-state index is -0.497. The minimum Gasteiger partial charge on any atom is -0.502 e. The Kier molecular flexibility index (Phi) is 5.01. The second-order valence-electron chi connectivity index (χ2n) is 7.71. The molecule has 0 bridgehead atoms. The predicted molar refractivity (Wildman–Crippen MR) is 119 cm³/mol. The van der Waals surface area contributed by atoms with Crippen molar-refractivity contribution in [1.82, 2.24) is 0 Å². The average molecular weight is 444 g/mol. The molecule has 2 heterocycles. The molecule has 0 saturated heterocycles. The second kappa shape index (κ2) is 8.02. The van der Waals surface area contributed by atoms with Crippen molar-refractivity contribution in [3.63, 3.8) is 0 Å². The Bertz CT molecular complexity index is 1280. The van der Waals surface area contributed by atoms with E-state index in [1.807, 2.05) is 30.3 Å². The number of phenols is 1. The van der Waals surface area contributed by atoms with Crippen LogP contribution in [-0.2, 0) is 4.79 Å². The van der Waals surface area contributed by atoms with Gasteiger partial charge in [0, 0.05) is 11.5 Å². The van der Waals surface area contributed by atoms with Crippen LogP contribution in [0, 0.1) is 0 Å². The molecule has 166 valence electrons. The Labute approximate surface area is 189 Å².